The summed E-state index contributed by atoms with van der Waals surface area (Å²) in [5, 5.41) is 17.8. The van der Waals surface area contributed by atoms with Crippen LogP contribution in [-0.4, -0.2) is 20.7 Å². The lowest BCUT2D eigenvalue weighted by Crippen LogP contribution is -2.37. The molecule has 5 nitrogen and oxygen atoms in total. The summed E-state index contributed by atoms with van der Waals surface area (Å²) in [5.41, 5.74) is 0.927. The van der Waals surface area contributed by atoms with Crippen molar-refractivity contribution in [3.05, 3.63) is 29.3 Å². The van der Waals surface area contributed by atoms with Crippen molar-refractivity contribution < 1.29 is 8.42 Å². The third kappa shape index (κ3) is 2.15. The molecule has 2 rings (SSSR count). The van der Waals surface area contributed by atoms with Crippen molar-refractivity contribution in [1.82, 2.24) is 0 Å². The second kappa shape index (κ2) is 4.67. The van der Waals surface area contributed by atoms with Crippen molar-refractivity contribution in [2.75, 3.05) is 16.6 Å². The van der Waals surface area contributed by atoms with Crippen LogP contribution in [0.15, 0.2) is 18.2 Å². The predicted molar refractivity (Wildman–Crippen MR) is 66.2 cm³/mol. The van der Waals surface area contributed by atoms with Gasteiger partial charge in [-0.15, -0.1) is 0 Å². The average molecular weight is 261 g/mol. The molecule has 1 aliphatic rings. The summed E-state index contributed by atoms with van der Waals surface area (Å²) in [6.45, 7) is 0.430. The van der Waals surface area contributed by atoms with Gasteiger partial charge in [0.1, 0.15) is 12.1 Å². The van der Waals surface area contributed by atoms with Gasteiger partial charge in [0.05, 0.1) is 22.6 Å². The Morgan fingerprint density at radius 1 is 1.11 bits per heavy atom. The molecule has 0 radical (unpaired) electrons. The topological polar surface area (TPSA) is 85.0 Å². The molecule has 0 aromatic heterocycles. The Kier molecular flexibility index (Phi) is 3.22. The van der Waals surface area contributed by atoms with Crippen molar-refractivity contribution in [3.8, 4) is 12.1 Å². The average Bonchev–Trinajstić information content (AvgIpc) is 2.37. The highest BCUT2D eigenvalue weighted by Crippen LogP contribution is 2.25. The molecule has 0 amide bonds. The Balaban J connectivity index is 2.47. The fourth-order valence-electron chi connectivity index (χ4n) is 1.96. The molecule has 1 aromatic rings. The maximum atomic E-state index is 11.9. The zero-order valence-corrected chi connectivity index (χ0v) is 10.4. The van der Waals surface area contributed by atoms with E-state index >= 15 is 0 Å². The molecule has 0 spiro atoms. The molecule has 1 fully saturated rings. The van der Waals surface area contributed by atoms with E-state index in [1.54, 1.807) is 6.07 Å². The maximum Gasteiger partial charge on any atom is 0.235 e. The van der Waals surface area contributed by atoms with Crippen molar-refractivity contribution in [3.63, 3.8) is 0 Å². The van der Waals surface area contributed by atoms with Crippen LogP contribution in [0, 0.1) is 22.7 Å². The third-order valence-electron chi connectivity index (χ3n) is 2.88. The van der Waals surface area contributed by atoms with Crippen LogP contribution < -0.4 is 4.31 Å². The van der Waals surface area contributed by atoms with E-state index in [9.17, 15) is 8.42 Å². The number of hydrogen-bond donors (Lipinski definition) is 0. The minimum absolute atomic E-state index is 0.134. The summed E-state index contributed by atoms with van der Waals surface area (Å²) in [7, 11) is -3.28. The second-order valence-electron chi connectivity index (χ2n) is 4.05. The molecule has 1 heterocycles. The Labute approximate surface area is 106 Å². The molecule has 0 bridgehead atoms. The standard InChI is InChI=1S/C12H11N3O2S/c13-8-10-3-4-12(7-11(10)9-14)15-5-1-2-6-18(15,16)17/h3-4,7H,1-2,5-6H2. The van der Waals surface area contributed by atoms with E-state index in [2.05, 4.69) is 0 Å². The van der Waals surface area contributed by atoms with Crippen LogP contribution >= 0.6 is 0 Å². The van der Waals surface area contributed by atoms with Crippen molar-refractivity contribution in [2.45, 2.75) is 12.8 Å². The van der Waals surface area contributed by atoms with Crippen molar-refractivity contribution in [1.29, 1.82) is 10.5 Å². The SMILES string of the molecule is N#Cc1ccc(N2CCCCS2(=O)=O)cc1C#N. The number of anilines is 1. The highest BCUT2D eigenvalue weighted by Gasteiger charge is 2.26. The highest BCUT2D eigenvalue weighted by molar-refractivity contribution is 7.92. The van der Waals surface area contributed by atoms with E-state index in [1.165, 1.54) is 16.4 Å². The Bertz CT molecular complexity index is 653. The van der Waals surface area contributed by atoms with E-state index in [0.29, 0.717) is 18.7 Å². The molecule has 92 valence electrons. The monoisotopic (exact) mass is 261 g/mol. The van der Waals surface area contributed by atoms with E-state index < -0.39 is 10.0 Å². The van der Waals surface area contributed by atoms with Crippen LogP contribution in [-0.2, 0) is 10.0 Å². The normalized spacial score (nSPS) is 17.8. The first-order valence-electron chi connectivity index (χ1n) is 5.53. The summed E-state index contributed by atoms with van der Waals surface area (Å²) in [6, 6.07) is 8.33. The fraction of sp³-hybridized carbons (Fsp3) is 0.333. The lowest BCUT2D eigenvalue weighted by Gasteiger charge is -2.28. The highest BCUT2D eigenvalue weighted by atomic mass is 32.2. The first kappa shape index (κ1) is 12.4. The van der Waals surface area contributed by atoms with E-state index in [4.69, 9.17) is 10.5 Å². The summed E-state index contributed by atoms with van der Waals surface area (Å²) in [4.78, 5) is 0. The maximum absolute atomic E-state index is 11.9. The lowest BCUT2D eigenvalue weighted by molar-refractivity contribution is 0.574. The van der Waals surface area contributed by atoms with Crippen LogP contribution in [0.5, 0.6) is 0 Å². The zero-order chi connectivity index (χ0) is 13.2. The quantitative estimate of drug-likeness (QED) is 0.764. The minimum atomic E-state index is -3.28. The summed E-state index contributed by atoms with van der Waals surface area (Å²) in [6.07, 6.45) is 1.47. The molecule has 0 N–H and O–H groups in total. The lowest BCUT2D eigenvalue weighted by atomic mass is 10.1. The van der Waals surface area contributed by atoms with Gasteiger partial charge < -0.3 is 0 Å². The van der Waals surface area contributed by atoms with Gasteiger partial charge >= 0.3 is 0 Å². The van der Waals surface area contributed by atoms with Crippen LogP contribution in [0.3, 0.4) is 0 Å². The van der Waals surface area contributed by atoms with E-state index in [1.807, 2.05) is 12.1 Å². The zero-order valence-electron chi connectivity index (χ0n) is 9.63. The Morgan fingerprint density at radius 3 is 2.44 bits per heavy atom. The van der Waals surface area contributed by atoms with Gasteiger partial charge in [0, 0.05) is 6.54 Å². The van der Waals surface area contributed by atoms with Crippen molar-refractivity contribution >= 4 is 15.7 Å². The number of hydrogen-bond acceptors (Lipinski definition) is 4. The first-order valence-corrected chi connectivity index (χ1v) is 7.14. The predicted octanol–water partition coefficient (Wildman–Crippen LogP) is 1.36. The van der Waals surface area contributed by atoms with E-state index in [0.717, 1.165) is 6.42 Å². The summed E-state index contributed by atoms with van der Waals surface area (Å²) in [5.74, 6) is 0.134. The molecule has 0 unspecified atom stereocenters. The van der Waals surface area contributed by atoms with Gasteiger partial charge in [0.25, 0.3) is 0 Å². The Morgan fingerprint density at radius 2 is 1.83 bits per heavy atom. The number of nitriles is 2. The molecule has 0 aliphatic carbocycles. The molecule has 1 aromatic carbocycles. The van der Waals surface area contributed by atoms with E-state index in [-0.39, 0.29) is 16.9 Å². The van der Waals surface area contributed by atoms with Gasteiger partial charge in [-0.2, -0.15) is 10.5 Å². The van der Waals surface area contributed by atoms with Gasteiger partial charge in [-0.25, -0.2) is 8.42 Å². The van der Waals surface area contributed by atoms with Crippen LogP contribution in [0.1, 0.15) is 24.0 Å². The Hall–Kier alpha value is -2.05. The second-order valence-corrected chi connectivity index (χ2v) is 6.06. The van der Waals surface area contributed by atoms with Gasteiger partial charge in [-0.1, -0.05) is 0 Å². The van der Waals surface area contributed by atoms with Gasteiger partial charge in [0.15, 0.2) is 0 Å². The largest absolute Gasteiger partial charge is 0.270 e. The number of benzene rings is 1. The summed E-state index contributed by atoms with van der Waals surface area (Å²) >= 11 is 0. The van der Waals surface area contributed by atoms with Gasteiger partial charge in [-0.05, 0) is 31.0 Å². The van der Waals surface area contributed by atoms with Crippen LogP contribution in [0.2, 0.25) is 0 Å². The number of nitrogens with zero attached hydrogens (tertiary/aromatic N) is 3. The minimum Gasteiger partial charge on any atom is -0.270 e. The van der Waals surface area contributed by atoms with Crippen molar-refractivity contribution in [2.24, 2.45) is 0 Å². The molecule has 0 saturated carbocycles. The van der Waals surface area contributed by atoms with Gasteiger partial charge in [0.2, 0.25) is 10.0 Å². The van der Waals surface area contributed by atoms with Crippen LogP contribution in [0.25, 0.3) is 0 Å². The molecule has 18 heavy (non-hydrogen) atoms. The number of rotatable bonds is 1. The van der Waals surface area contributed by atoms with Gasteiger partial charge in [-0.3, -0.25) is 4.31 Å². The molecule has 1 aliphatic heterocycles. The molecule has 6 heteroatoms. The summed E-state index contributed by atoms with van der Waals surface area (Å²) < 4.78 is 25.1. The molecular weight excluding hydrogens is 250 g/mol. The third-order valence-corrected chi connectivity index (χ3v) is 4.75. The first-order chi connectivity index (χ1) is 8.58. The van der Waals surface area contributed by atoms with Crippen LogP contribution in [0.4, 0.5) is 5.69 Å². The number of sulfonamides is 1. The molecular formula is C12H11N3O2S. The smallest absolute Gasteiger partial charge is 0.235 e. The fourth-order valence-corrected chi connectivity index (χ4v) is 3.59. The molecule has 0 atom stereocenters. The molecule has 1 saturated heterocycles.